The van der Waals surface area contributed by atoms with Crippen molar-refractivity contribution in [3.8, 4) is 17.2 Å². The Morgan fingerprint density at radius 2 is 1.73 bits per heavy atom. The Kier molecular flexibility index (Phi) is 7.32. The zero-order valence-corrected chi connectivity index (χ0v) is 23.6. The zero-order valence-electron chi connectivity index (χ0n) is 23.6. The minimum absolute atomic E-state index is 0.0635. The van der Waals surface area contributed by atoms with Gasteiger partial charge in [0.1, 0.15) is 11.5 Å². The first-order chi connectivity index (χ1) is 19.1. The highest BCUT2D eigenvalue weighted by atomic mass is 16.7. The van der Waals surface area contributed by atoms with E-state index in [1.165, 1.54) is 4.90 Å². The van der Waals surface area contributed by atoms with Gasteiger partial charge in [-0.05, 0) is 71.3 Å². The van der Waals surface area contributed by atoms with E-state index in [0.29, 0.717) is 23.7 Å². The third kappa shape index (κ3) is 5.16. The number of carbonyl (C=O) groups excluding carboxylic acids is 2. The first-order valence-electron chi connectivity index (χ1n) is 13.6. The van der Waals surface area contributed by atoms with E-state index < -0.39 is 17.7 Å². The Bertz CT molecular complexity index is 1480. The summed E-state index contributed by atoms with van der Waals surface area (Å²) in [7, 11) is 0. The zero-order chi connectivity index (χ0) is 28.6. The lowest BCUT2D eigenvalue weighted by Crippen LogP contribution is -2.29. The molecule has 0 saturated carbocycles. The molecular formula is C33H35NO6. The van der Waals surface area contributed by atoms with Gasteiger partial charge in [0, 0.05) is 12.1 Å². The van der Waals surface area contributed by atoms with Gasteiger partial charge in [0.05, 0.1) is 18.2 Å². The predicted octanol–water partition coefficient (Wildman–Crippen LogP) is 6.43. The first-order valence-corrected chi connectivity index (χ1v) is 13.6. The van der Waals surface area contributed by atoms with Gasteiger partial charge in [0.25, 0.3) is 11.7 Å². The van der Waals surface area contributed by atoms with Crippen molar-refractivity contribution in [1.29, 1.82) is 0 Å². The minimum Gasteiger partial charge on any atom is -0.507 e. The van der Waals surface area contributed by atoms with Crippen molar-refractivity contribution in [2.24, 2.45) is 0 Å². The van der Waals surface area contributed by atoms with Gasteiger partial charge >= 0.3 is 0 Å². The number of Topliss-reactive ketones (excluding diaryl/α,β-unsaturated/α-hetero) is 1. The van der Waals surface area contributed by atoms with Crippen LogP contribution in [0, 0.1) is 6.92 Å². The number of amides is 1. The molecule has 5 rings (SSSR count). The number of aliphatic hydroxyl groups excluding tert-OH is 1. The number of rotatable bonds is 7. The number of fused-ring (bicyclic) bond motifs is 1. The number of aliphatic hydroxyl groups is 1. The van der Waals surface area contributed by atoms with E-state index >= 15 is 0 Å². The summed E-state index contributed by atoms with van der Waals surface area (Å²) in [6.07, 6.45) is 0.877. The Labute approximate surface area is 235 Å². The number of nitrogens with zero attached hydrogens (tertiary/aromatic N) is 1. The highest BCUT2D eigenvalue weighted by Crippen LogP contribution is 2.42. The van der Waals surface area contributed by atoms with Crippen LogP contribution < -0.4 is 14.2 Å². The summed E-state index contributed by atoms with van der Waals surface area (Å²) < 4.78 is 16.7. The van der Waals surface area contributed by atoms with Crippen molar-refractivity contribution < 1.29 is 28.9 Å². The van der Waals surface area contributed by atoms with Crippen LogP contribution in [0.5, 0.6) is 17.2 Å². The molecule has 3 aromatic carbocycles. The van der Waals surface area contributed by atoms with Crippen molar-refractivity contribution in [2.45, 2.75) is 59.0 Å². The smallest absolute Gasteiger partial charge is 0.295 e. The summed E-state index contributed by atoms with van der Waals surface area (Å²) in [4.78, 5) is 28.5. The molecule has 1 saturated heterocycles. The fraction of sp³-hybridized carbons (Fsp3) is 0.333. The maximum absolute atomic E-state index is 13.5. The van der Waals surface area contributed by atoms with Gasteiger partial charge in [-0.2, -0.15) is 0 Å². The molecule has 7 heteroatoms. The van der Waals surface area contributed by atoms with E-state index in [4.69, 9.17) is 14.2 Å². The number of ether oxygens (including phenoxy) is 3. The number of aryl methyl sites for hydroxylation is 1. The van der Waals surface area contributed by atoms with Gasteiger partial charge in [0.2, 0.25) is 6.79 Å². The fourth-order valence-corrected chi connectivity index (χ4v) is 5.12. The largest absolute Gasteiger partial charge is 0.507 e. The maximum atomic E-state index is 13.5. The molecule has 2 aliphatic rings. The topological polar surface area (TPSA) is 85.3 Å². The number of ketones is 1. The average Bonchev–Trinajstić information content (AvgIpc) is 3.49. The molecule has 0 aliphatic carbocycles. The summed E-state index contributed by atoms with van der Waals surface area (Å²) in [6, 6.07) is 17.9. The van der Waals surface area contributed by atoms with Crippen LogP contribution in [0.25, 0.3) is 5.76 Å². The van der Waals surface area contributed by atoms with Crippen LogP contribution in [0.2, 0.25) is 0 Å². The van der Waals surface area contributed by atoms with E-state index in [9.17, 15) is 14.7 Å². The summed E-state index contributed by atoms with van der Waals surface area (Å²) in [5.74, 6) is 0.372. The second-order valence-electron chi connectivity index (χ2n) is 11.3. The van der Waals surface area contributed by atoms with E-state index in [2.05, 4.69) is 20.8 Å². The Morgan fingerprint density at radius 1 is 1.00 bits per heavy atom. The van der Waals surface area contributed by atoms with E-state index in [-0.39, 0.29) is 30.1 Å². The fourth-order valence-electron chi connectivity index (χ4n) is 5.12. The maximum Gasteiger partial charge on any atom is 0.295 e. The first kappa shape index (κ1) is 27.3. The van der Waals surface area contributed by atoms with Crippen LogP contribution in [-0.2, 0) is 21.5 Å². The molecule has 7 nitrogen and oxygen atoms in total. The molecule has 1 atom stereocenters. The van der Waals surface area contributed by atoms with Gasteiger partial charge in [-0.3, -0.25) is 9.59 Å². The Hall–Kier alpha value is -4.26. The molecule has 0 aromatic heterocycles. The molecule has 0 radical (unpaired) electrons. The van der Waals surface area contributed by atoms with Gasteiger partial charge in [-0.25, -0.2) is 0 Å². The van der Waals surface area contributed by atoms with Crippen LogP contribution in [0.15, 0.2) is 66.2 Å². The molecular weight excluding hydrogens is 506 g/mol. The van der Waals surface area contributed by atoms with Gasteiger partial charge in [0.15, 0.2) is 11.5 Å². The van der Waals surface area contributed by atoms with E-state index in [0.717, 1.165) is 34.4 Å². The van der Waals surface area contributed by atoms with Gasteiger partial charge in [-0.1, -0.05) is 58.0 Å². The van der Waals surface area contributed by atoms with Crippen LogP contribution >= 0.6 is 0 Å². The lowest BCUT2D eigenvalue weighted by molar-refractivity contribution is -0.140. The van der Waals surface area contributed by atoms with Crippen molar-refractivity contribution in [3.63, 3.8) is 0 Å². The molecule has 1 N–H and O–H groups in total. The van der Waals surface area contributed by atoms with E-state index in [1.807, 2.05) is 50.2 Å². The molecule has 3 aromatic rings. The van der Waals surface area contributed by atoms with Gasteiger partial charge < -0.3 is 24.2 Å². The lowest BCUT2D eigenvalue weighted by atomic mass is 9.85. The summed E-state index contributed by atoms with van der Waals surface area (Å²) in [6.45, 7) is 11.2. The molecule has 0 spiro atoms. The molecule has 1 fully saturated rings. The van der Waals surface area contributed by atoms with Crippen LogP contribution in [0.1, 0.15) is 68.0 Å². The molecule has 1 amide bonds. The number of hydrogen-bond acceptors (Lipinski definition) is 6. The predicted molar refractivity (Wildman–Crippen MR) is 153 cm³/mol. The van der Waals surface area contributed by atoms with Crippen molar-refractivity contribution in [1.82, 2.24) is 4.90 Å². The van der Waals surface area contributed by atoms with E-state index in [1.54, 1.807) is 24.3 Å². The van der Waals surface area contributed by atoms with Gasteiger partial charge in [-0.15, -0.1) is 0 Å². The van der Waals surface area contributed by atoms with Crippen molar-refractivity contribution >= 4 is 17.4 Å². The normalized spacial score (nSPS) is 17.9. The molecule has 2 aliphatic heterocycles. The third-order valence-electron chi connectivity index (χ3n) is 7.33. The van der Waals surface area contributed by atoms with Crippen LogP contribution in [0.3, 0.4) is 0 Å². The standard InChI is InChI=1S/C33H35NO6/c1-6-15-38-25-14-10-23(16-20(25)2)30(35)28-29(22-8-11-24(12-9-22)33(3,4)5)34(32(37)31(28)36)18-21-7-13-26-27(17-21)40-19-39-26/h7-14,16-17,29,35H,6,15,18-19H2,1-5H3/b30-28+. The highest BCUT2D eigenvalue weighted by molar-refractivity contribution is 6.46. The second kappa shape index (κ2) is 10.7. The molecule has 0 bridgehead atoms. The SMILES string of the molecule is CCCOc1ccc(/C(O)=C2\C(=O)C(=O)N(Cc3ccc4c(c3)OCO4)C2c2ccc(C(C)(C)C)cc2)cc1C. The quantitative estimate of drug-likeness (QED) is 0.211. The summed E-state index contributed by atoms with van der Waals surface area (Å²) in [5, 5.41) is 11.5. The summed E-state index contributed by atoms with van der Waals surface area (Å²) >= 11 is 0. The van der Waals surface area contributed by atoms with Crippen molar-refractivity contribution in [2.75, 3.05) is 13.4 Å². The average molecular weight is 542 g/mol. The Morgan fingerprint density at radius 3 is 2.40 bits per heavy atom. The minimum atomic E-state index is -0.768. The van der Waals surface area contributed by atoms with Crippen LogP contribution in [-0.4, -0.2) is 35.1 Å². The third-order valence-corrected chi connectivity index (χ3v) is 7.33. The van der Waals surface area contributed by atoms with Crippen LogP contribution in [0.4, 0.5) is 0 Å². The molecule has 1 unspecified atom stereocenters. The lowest BCUT2D eigenvalue weighted by Gasteiger charge is -2.27. The molecule has 208 valence electrons. The summed E-state index contributed by atoms with van der Waals surface area (Å²) in [5.41, 5.74) is 3.95. The second-order valence-corrected chi connectivity index (χ2v) is 11.3. The highest BCUT2D eigenvalue weighted by Gasteiger charge is 2.46. The number of hydrogen-bond donors (Lipinski definition) is 1. The monoisotopic (exact) mass is 541 g/mol. The Balaban J connectivity index is 1.59. The number of likely N-dealkylation sites (tertiary alicyclic amines) is 1. The number of benzene rings is 3. The molecule has 2 heterocycles. The molecule has 40 heavy (non-hydrogen) atoms. The number of carbonyl (C=O) groups is 2. The van der Waals surface area contributed by atoms with Crippen molar-refractivity contribution in [3.05, 3.63) is 94.1 Å².